The van der Waals surface area contributed by atoms with Crippen molar-refractivity contribution in [2.24, 2.45) is 5.92 Å². The molecular formula is C21H19N3O2S. The summed E-state index contributed by atoms with van der Waals surface area (Å²) in [6.07, 6.45) is 5.72. The number of hydrogen-bond acceptors (Lipinski definition) is 5. The predicted molar refractivity (Wildman–Crippen MR) is 106 cm³/mol. The number of nitrogens with one attached hydrogen (secondary N) is 1. The number of anilines is 1. The highest BCUT2D eigenvalue weighted by Gasteiger charge is 2.30. The molecule has 5 rings (SSSR count). The number of nitrogens with zero attached hydrogens (tertiary/aromatic N) is 2. The van der Waals surface area contributed by atoms with Crippen molar-refractivity contribution < 1.29 is 9.53 Å². The van der Waals surface area contributed by atoms with Crippen LogP contribution in [0.2, 0.25) is 0 Å². The van der Waals surface area contributed by atoms with Gasteiger partial charge in [-0.3, -0.25) is 10.1 Å². The first-order valence-corrected chi connectivity index (χ1v) is 9.97. The smallest absolute Gasteiger partial charge is 0.229 e. The molecule has 3 aromatic rings. The van der Waals surface area contributed by atoms with Crippen LogP contribution in [0.5, 0.6) is 5.75 Å². The van der Waals surface area contributed by atoms with Crippen LogP contribution >= 0.6 is 11.3 Å². The number of ether oxygens (including phenoxy) is 1. The van der Waals surface area contributed by atoms with E-state index in [4.69, 9.17) is 4.74 Å². The zero-order chi connectivity index (χ0) is 18.4. The lowest BCUT2D eigenvalue weighted by atomic mass is 9.96. The Balaban J connectivity index is 1.51. The Labute approximate surface area is 161 Å². The van der Waals surface area contributed by atoms with Gasteiger partial charge in [-0.2, -0.15) is 0 Å². The second kappa shape index (κ2) is 6.46. The highest BCUT2D eigenvalue weighted by Crippen LogP contribution is 2.42. The first-order valence-electron chi connectivity index (χ1n) is 9.15. The molecule has 136 valence electrons. The van der Waals surface area contributed by atoms with E-state index in [0.717, 1.165) is 53.8 Å². The lowest BCUT2D eigenvalue weighted by Crippen LogP contribution is -2.16. The third kappa shape index (κ3) is 3.10. The van der Waals surface area contributed by atoms with Crippen molar-refractivity contribution in [3.63, 3.8) is 0 Å². The van der Waals surface area contributed by atoms with Crippen LogP contribution in [0.15, 0.2) is 36.5 Å². The number of thiophene rings is 1. The molecule has 2 aromatic heterocycles. The van der Waals surface area contributed by atoms with Gasteiger partial charge in [0.15, 0.2) is 0 Å². The van der Waals surface area contributed by atoms with Crippen molar-refractivity contribution in [2.75, 3.05) is 12.4 Å². The number of benzene rings is 1. The van der Waals surface area contributed by atoms with Crippen LogP contribution < -0.4 is 10.1 Å². The number of hydrogen-bond donors (Lipinski definition) is 1. The van der Waals surface area contributed by atoms with Crippen molar-refractivity contribution in [1.82, 2.24) is 9.97 Å². The molecule has 0 atom stereocenters. The summed E-state index contributed by atoms with van der Waals surface area (Å²) in [7, 11) is 1.68. The second-order valence-corrected chi connectivity index (χ2v) is 8.15. The first-order chi connectivity index (χ1) is 13.2. The summed E-state index contributed by atoms with van der Waals surface area (Å²) >= 11 is 1.80. The van der Waals surface area contributed by atoms with E-state index in [0.29, 0.717) is 5.95 Å². The molecule has 0 spiro atoms. The van der Waals surface area contributed by atoms with Gasteiger partial charge >= 0.3 is 0 Å². The monoisotopic (exact) mass is 377 g/mol. The minimum absolute atomic E-state index is 0.0355. The number of carbonyl (C=O) groups is 1. The largest absolute Gasteiger partial charge is 0.497 e. The van der Waals surface area contributed by atoms with Gasteiger partial charge in [-0.1, -0.05) is 12.1 Å². The molecule has 27 heavy (non-hydrogen) atoms. The van der Waals surface area contributed by atoms with Crippen molar-refractivity contribution in [3.05, 3.63) is 47.0 Å². The normalized spacial score (nSPS) is 15.0. The highest BCUT2D eigenvalue weighted by atomic mass is 32.1. The predicted octanol–water partition coefficient (Wildman–Crippen LogP) is 4.33. The van der Waals surface area contributed by atoms with Gasteiger partial charge in [0.25, 0.3) is 0 Å². The Morgan fingerprint density at radius 3 is 2.96 bits per heavy atom. The van der Waals surface area contributed by atoms with Crippen LogP contribution in [0.4, 0.5) is 5.95 Å². The Morgan fingerprint density at radius 2 is 2.15 bits per heavy atom. The molecule has 1 aromatic carbocycles. The summed E-state index contributed by atoms with van der Waals surface area (Å²) in [6.45, 7) is 0. The summed E-state index contributed by atoms with van der Waals surface area (Å²) in [4.78, 5) is 23.6. The molecule has 1 N–H and O–H groups in total. The number of aromatic nitrogens is 2. The van der Waals surface area contributed by atoms with E-state index in [2.05, 4.69) is 33.5 Å². The summed E-state index contributed by atoms with van der Waals surface area (Å²) in [5.74, 6) is 1.44. The highest BCUT2D eigenvalue weighted by molar-refractivity contribution is 7.16. The summed E-state index contributed by atoms with van der Waals surface area (Å²) < 4.78 is 5.36. The van der Waals surface area contributed by atoms with Crippen LogP contribution in [0, 0.1) is 5.92 Å². The molecule has 0 unspecified atom stereocenters. The minimum atomic E-state index is 0.0355. The Hall–Kier alpha value is -2.73. The standard InChI is InChI=1S/C21H19N3O2S/c1-26-15-4-2-3-13(9-15)18-10-16-17(27-18)8-7-14-11-22-21(23-19(14)16)24-20(25)12-5-6-12/h2-4,9-12H,5-8H2,1H3,(H,22,23,24,25). The van der Waals surface area contributed by atoms with E-state index in [1.807, 2.05) is 18.3 Å². The Morgan fingerprint density at radius 1 is 1.26 bits per heavy atom. The quantitative estimate of drug-likeness (QED) is 0.735. The van der Waals surface area contributed by atoms with Crippen LogP contribution in [-0.4, -0.2) is 23.0 Å². The lowest BCUT2D eigenvalue weighted by molar-refractivity contribution is -0.117. The van der Waals surface area contributed by atoms with E-state index < -0.39 is 0 Å². The zero-order valence-corrected chi connectivity index (χ0v) is 15.8. The molecule has 2 aliphatic rings. The van der Waals surface area contributed by atoms with Gasteiger partial charge < -0.3 is 4.74 Å². The molecule has 0 aliphatic heterocycles. The van der Waals surface area contributed by atoms with Gasteiger partial charge in [0.05, 0.1) is 12.8 Å². The minimum Gasteiger partial charge on any atom is -0.497 e. The number of carbonyl (C=O) groups excluding carboxylic acids is 1. The average molecular weight is 377 g/mol. The van der Waals surface area contributed by atoms with Crippen LogP contribution in [0.3, 0.4) is 0 Å². The van der Waals surface area contributed by atoms with Crippen LogP contribution in [-0.2, 0) is 17.6 Å². The van der Waals surface area contributed by atoms with E-state index in [1.54, 1.807) is 18.4 Å². The molecule has 0 saturated heterocycles. The summed E-state index contributed by atoms with van der Waals surface area (Å²) in [5.41, 5.74) is 4.39. The van der Waals surface area contributed by atoms with Gasteiger partial charge in [-0.05, 0) is 55.0 Å². The van der Waals surface area contributed by atoms with Crippen molar-refractivity contribution in [3.8, 4) is 27.4 Å². The Bertz CT molecular complexity index is 1040. The maximum atomic E-state index is 12.0. The fourth-order valence-electron chi connectivity index (χ4n) is 3.42. The molecule has 2 heterocycles. The van der Waals surface area contributed by atoms with Crippen molar-refractivity contribution in [2.45, 2.75) is 25.7 Å². The zero-order valence-electron chi connectivity index (χ0n) is 15.0. The van der Waals surface area contributed by atoms with Gasteiger partial charge in [0.2, 0.25) is 11.9 Å². The number of fused-ring (bicyclic) bond motifs is 3. The summed E-state index contributed by atoms with van der Waals surface area (Å²) in [6, 6.07) is 10.3. The average Bonchev–Trinajstić information content (AvgIpc) is 3.46. The number of amides is 1. The molecule has 1 saturated carbocycles. The molecule has 6 heteroatoms. The topological polar surface area (TPSA) is 64.1 Å². The lowest BCUT2D eigenvalue weighted by Gasteiger charge is -2.15. The molecule has 1 amide bonds. The van der Waals surface area contributed by atoms with E-state index in [9.17, 15) is 4.79 Å². The third-order valence-corrected chi connectivity index (χ3v) is 6.33. The fourth-order valence-corrected chi connectivity index (χ4v) is 4.58. The van der Waals surface area contributed by atoms with Gasteiger partial charge in [0.1, 0.15) is 5.75 Å². The van der Waals surface area contributed by atoms with Crippen LogP contribution in [0.1, 0.15) is 23.3 Å². The molecule has 2 aliphatic carbocycles. The molecular weight excluding hydrogens is 358 g/mol. The maximum absolute atomic E-state index is 12.0. The maximum Gasteiger partial charge on any atom is 0.229 e. The van der Waals surface area contributed by atoms with Crippen LogP contribution in [0.25, 0.3) is 21.7 Å². The molecule has 0 radical (unpaired) electrons. The molecule has 1 fully saturated rings. The number of rotatable bonds is 4. The first kappa shape index (κ1) is 16.4. The van der Waals surface area contributed by atoms with E-state index >= 15 is 0 Å². The SMILES string of the molecule is COc1cccc(-c2cc3c(s2)CCc2cnc(NC(=O)C4CC4)nc2-3)c1. The van der Waals surface area contributed by atoms with Gasteiger partial charge in [-0.15, -0.1) is 11.3 Å². The molecule has 5 nitrogen and oxygen atoms in total. The second-order valence-electron chi connectivity index (χ2n) is 7.01. The fraction of sp³-hybridized carbons (Fsp3) is 0.286. The molecule has 0 bridgehead atoms. The van der Waals surface area contributed by atoms with E-state index in [-0.39, 0.29) is 11.8 Å². The van der Waals surface area contributed by atoms with Gasteiger partial charge in [0, 0.05) is 27.4 Å². The summed E-state index contributed by atoms with van der Waals surface area (Å²) in [5, 5.41) is 2.86. The van der Waals surface area contributed by atoms with Crippen molar-refractivity contribution in [1.29, 1.82) is 0 Å². The Kier molecular flexibility index (Phi) is 3.93. The van der Waals surface area contributed by atoms with Crippen molar-refractivity contribution >= 4 is 23.2 Å². The van der Waals surface area contributed by atoms with Gasteiger partial charge in [-0.25, -0.2) is 9.97 Å². The van der Waals surface area contributed by atoms with E-state index in [1.165, 1.54) is 9.75 Å². The third-order valence-electron chi connectivity index (χ3n) is 5.09. The number of methoxy groups -OCH3 is 1. The number of aryl methyl sites for hydroxylation is 2.